The summed E-state index contributed by atoms with van der Waals surface area (Å²) in [5, 5.41) is 19.8. The molecule has 0 atom stereocenters. The molecule has 0 radical (unpaired) electrons. The van der Waals surface area contributed by atoms with Gasteiger partial charge in [0.25, 0.3) is 0 Å². The van der Waals surface area contributed by atoms with Gasteiger partial charge in [-0.25, -0.2) is 4.68 Å². The van der Waals surface area contributed by atoms with Gasteiger partial charge in [-0.2, -0.15) is 10.5 Å². The first-order valence-electron chi connectivity index (χ1n) is 12.2. The molecule has 2 heterocycles. The molecule has 1 N–H and O–H groups in total. The number of nitrogens with one attached hydrogen (secondary N) is 1. The molecule has 6 heteroatoms. The van der Waals surface area contributed by atoms with Crippen LogP contribution in [0, 0.1) is 28.1 Å². The Morgan fingerprint density at radius 3 is 2.62 bits per heavy atom. The molecule has 0 spiro atoms. The summed E-state index contributed by atoms with van der Waals surface area (Å²) in [4.78, 5) is 16.2. The molecule has 1 amide bonds. The van der Waals surface area contributed by atoms with Gasteiger partial charge in [0.05, 0.1) is 22.6 Å². The van der Waals surface area contributed by atoms with Crippen LogP contribution >= 0.6 is 0 Å². The van der Waals surface area contributed by atoms with Gasteiger partial charge >= 0.3 is 0 Å². The van der Waals surface area contributed by atoms with E-state index in [0.717, 1.165) is 69.1 Å². The second-order valence-corrected chi connectivity index (χ2v) is 9.69. The second-order valence-electron chi connectivity index (χ2n) is 9.69. The van der Waals surface area contributed by atoms with E-state index < -0.39 is 5.41 Å². The fourth-order valence-corrected chi connectivity index (χ4v) is 5.64. The summed E-state index contributed by atoms with van der Waals surface area (Å²) in [5.74, 6) is 0.0224. The third kappa shape index (κ3) is 4.18. The Morgan fingerprint density at radius 1 is 1.00 bits per heavy atom. The second kappa shape index (κ2) is 9.33. The van der Waals surface area contributed by atoms with Crippen molar-refractivity contribution < 1.29 is 4.79 Å². The number of carbonyl (C=O) groups excluding carboxylic acids is 1. The average molecular weight is 452 g/mol. The lowest BCUT2D eigenvalue weighted by Crippen LogP contribution is -2.44. The Labute approximate surface area is 200 Å². The van der Waals surface area contributed by atoms with Crippen LogP contribution in [0.1, 0.15) is 60.9 Å². The Kier molecular flexibility index (Phi) is 6.09. The van der Waals surface area contributed by atoms with Gasteiger partial charge in [-0.3, -0.25) is 15.1 Å². The van der Waals surface area contributed by atoms with Crippen LogP contribution in [0.25, 0.3) is 10.9 Å². The van der Waals surface area contributed by atoms with Crippen LogP contribution in [0.3, 0.4) is 0 Å². The van der Waals surface area contributed by atoms with Crippen LogP contribution < -0.4 is 5.43 Å². The normalized spacial score (nSPS) is 17.5. The number of nitriles is 2. The van der Waals surface area contributed by atoms with Gasteiger partial charge in [0.15, 0.2) is 0 Å². The minimum absolute atomic E-state index is 0.0224. The highest BCUT2D eigenvalue weighted by Crippen LogP contribution is 2.40. The van der Waals surface area contributed by atoms with Crippen LogP contribution in [-0.2, 0) is 17.8 Å². The quantitative estimate of drug-likeness (QED) is 0.601. The Morgan fingerprint density at radius 2 is 1.82 bits per heavy atom. The molecule has 1 aromatic heterocycles. The maximum absolute atomic E-state index is 13.8. The number of carbonyl (C=O) groups is 1. The molecule has 0 bridgehead atoms. The molecule has 2 aliphatic rings. The molecule has 34 heavy (non-hydrogen) atoms. The zero-order valence-corrected chi connectivity index (χ0v) is 19.4. The predicted octanol–water partition coefficient (Wildman–Crippen LogP) is 4.85. The molecule has 6 nitrogen and oxygen atoms in total. The van der Waals surface area contributed by atoms with Crippen molar-refractivity contribution in [1.29, 1.82) is 10.5 Å². The van der Waals surface area contributed by atoms with E-state index in [4.69, 9.17) is 0 Å². The third-order valence-corrected chi connectivity index (χ3v) is 7.66. The zero-order chi connectivity index (χ0) is 23.5. The van der Waals surface area contributed by atoms with E-state index >= 15 is 0 Å². The summed E-state index contributed by atoms with van der Waals surface area (Å²) >= 11 is 0. The number of amides is 1. The molecular formula is C28H29N5O. The largest absolute Gasteiger partial charge is 0.299 e. The van der Waals surface area contributed by atoms with Crippen LogP contribution in [-0.4, -0.2) is 28.6 Å². The van der Waals surface area contributed by atoms with E-state index in [9.17, 15) is 15.3 Å². The summed E-state index contributed by atoms with van der Waals surface area (Å²) in [7, 11) is 0. The minimum Gasteiger partial charge on any atom is -0.299 e. The SMILES string of the molecule is N#Cc1ccc2c(c1)CN(CCC1(C(=O)Nn3c(C#N)cc4ccccc43)CCCCC1)CC2. The Bertz CT molecular complexity index is 1300. The third-order valence-electron chi connectivity index (χ3n) is 7.66. The van der Waals surface area contributed by atoms with Crippen LogP contribution in [0.4, 0.5) is 0 Å². The zero-order valence-electron chi connectivity index (χ0n) is 19.4. The molecular weight excluding hydrogens is 422 g/mol. The molecule has 0 saturated heterocycles. The van der Waals surface area contributed by atoms with Gasteiger partial charge < -0.3 is 0 Å². The van der Waals surface area contributed by atoms with Crippen molar-refractivity contribution in [1.82, 2.24) is 9.58 Å². The highest BCUT2D eigenvalue weighted by atomic mass is 16.2. The molecule has 1 fully saturated rings. The maximum Gasteiger partial charge on any atom is 0.245 e. The fourth-order valence-electron chi connectivity index (χ4n) is 5.64. The number of hydrogen-bond donors (Lipinski definition) is 1. The molecule has 172 valence electrons. The molecule has 1 aliphatic carbocycles. The lowest BCUT2D eigenvalue weighted by atomic mass is 9.71. The topological polar surface area (TPSA) is 84.8 Å². The van der Waals surface area contributed by atoms with Gasteiger partial charge in [0.1, 0.15) is 11.8 Å². The molecule has 2 aromatic carbocycles. The molecule has 0 unspecified atom stereocenters. The highest BCUT2D eigenvalue weighted by molar-refractivity contribution is 5.92. The summed E-state index contributed by atoms with van der Waals surface area (Å²) in [6, 6.07) is 20.0. The number of rotatable bonds is 5. The van der Waals surface area contributed by atoms with Crippen molar-refractivity contribution in [2.45, 2.75) is 51.5 Å². The first kappa shape index (κ1) is 22.2. The predicted molar refractivity (Wildman–Crippen MR) is 131 cm³/mol. The van der Waals surface area contributed by atoms with E-state index in [1.165, 1.54) is 17.5 Å². The minimum atomic E-state index is -0.425. The van der Waals surface area contributed by atoms with Gasteiger partial charge in [0, 0.05) is 18.5 Å². The summed E-state index contributed by atoms with van der Waals surface area (Å²) in [6.45, 7) is 2.64. The van der Waals surface area contributed by atoms with Crippen molar-refractivity contribution in [3.63, 3.8) is 0 Å². The first-order chi connectivity index (χ1) is 16.6. The Hall–Kier alpha value is -3.61. The van der Waals surface area contributed by atoms with Gasteiger partial charge in [-0.15, -0.1) is 0 Å². The van der Waals surface area contributed by atoms with E-state index in [1.807, 2.05) is 42.5 Å². The number of benzene rings is 2. The van der Waals surface area contributed by atoms with E-state index in [0.29, 0.717) is 11.3 Å². The molecule has 3 aromatic rings. The number of nitrogens with zero attached hydrogens (tertiary/aromatic N) is 4. The lowest BCUT2D eigenvalue weighted by Gasteiger charge is -2.38. The average Bonchev–Trinajstić information content (AvgIpc) is 3.25. The van der Waals surface area contributed by atoms with Crippen molar-refractivity contribution in [2.24, 2.45) is 5.41 Å². The van der Waals surface area contributed by atoms with Crippen molar-refractivity contribution in [3.8, 4) is 12.1 Å². The summed E-state index contributed by atoms with van der Waals surface area (Å²) in [5.41, 5.74) is 7.24. The van der Waals surface area contributed by atoms with Crippen LogP contribution in [0.2, 0.25) is 0 Å². The fraction of sp³-hybridized carbons (Fsp3) is 0.393. The number of aromatic nitrogens is 1. The number of fused-ring (bicyclic) bond motifs is 2. The standard InChI is InChI=1S/C28H29N5O/c29-18-21-8-9-22-10-14-32(20-24(22)16-21)15-13-28(11-4-1-5-12-28)27(34)31-33-25(19-30)17-23-6-2-3-7-26(23)33/h2-3,6-9,16-17H,1,4-5,10-15,20H2,(H,31,34). The van der Waals surface area contributed by atoms with Crippen molar-refractivity contribution in [2.75, 3.05) is 18.5 Å². The van der Waals surface area contributed by atoms with E-state index in [2.05, 4.69) is 28.5 Å². The molecule has 1 saturated carbocycles. The summed E-state index contributed by atoms with van der Waals surface area (Å²) < 4.78 is 1.66. The van der Waals surface area contributed by atoms with Crippen molar-refractivity contribution >= 4 is 16.8 Å². The van der Waals surface area contributed by atoms with E-state index in [1.54, 1.807) is 4.68 Å². The van der Waals surface area contributed by atoms with Crippen LogP contribution in [0.15, 0.2) is 48.5 Å². The smallest absolute Gasteiger partial charge is 0.245 e. The van der Waals surface area contributed by atoms with Gasteiger partial charge in [-0.1, -0.05) is 43.5 Å². The van der Waals surface area contributed by atoms with Gasteiger partial charge in [-0.05, 0) is 67.6 Å². The lowest BCUT2D eigenvalue weighted by molar-refractivity contribution is -0.129. The van der Waals surface area contributed by atoms with Crippen LogP contribution in [0.5, 0.6) is 0 Å². The van der Waals surface area contributed by atoms with E-state index in [-0.39, 0.29) is 5.91 Å². The molecule has 1 aliphatic heterocycles. The highest BCUT2D eigenvalue weighted by Gasteiger charge is 2.40. The maximum atomic E-state index is 13.8. The summed E-state index contributed by atoms with van der Waals surface area (Å²) in [6.07, 6.45) is 6.80. The van der Waals surface area contributed by atoms with Crippen molar-refractivity contribution in [3.05, 3.63) is 70.9 Å². The van der Waals surface area contributed by atoms with Gasteiger partial charge in [0.2, 0.25) is 5.91 Å². The Balaban J connectivity index is 1.34. The number of para-hydroxylation sites is 1. The monoisotopic (exact) mass is 451 g/mol. The number of hydrogen-bond acceptors (Lipinski definition) is 4. The molecule has 5 rings (SSSR count). The first-order valence-corrected chi connectivity index (χ1v) is 12.2.